The van der Waals surface area contributed by atoms with Crippen LogP contribution in [0.1, 0.15) is 47.0 Å². The Labute approximate surface area is 118 Å². The van der Waals surface area contributed by atoms with Crippen LogP contribution in [0.25, 0.3) is 11.3 Å². The van der Waals surface area contributed by atoms with Gasteiger partial charge >= 0.3 is 0 Å². The average molecular weight is 272 g/mol. The molecule has 0 unspecified atom stereocenters. The molecule has 1 aromatic heterocycles. The number of benzene rings is 1. The lowest BCUT2D eigenvalue weighted by molar-refractivity contribution is 0.738. The zero-order valence-corrected chi connectivity index (χ0v) is 12.2. The van der Waals surface area contributed by atoms with Gasteiger partial charge in [-0.25, -0.2) is 4.98 Å². The monoisotopic (exact) mass is 272 g/mol. The average Bonchev–Trinajstić information content (AvgIpc) is 3.07. The van der Waals surface area contributed by atoms with Crippen molar-refractivity contribution >= 4 is 11.3 Å². The van der Waals surface area contributed by atoms with Gasteiger partial charge in [0.25, 0.3) is 0 Å². The lowest BCUT2D eigenvalue weighted by atomic mass is 10.0. The molecule has 0 amide bonds. The van der Waals surface area contributed by atoms with Gasteiger partial charge in [-0.1, -0.05) is 36.6 Å². The van der Waals surface area contributed by atoms with Gasteiger partial charge in [0.1, 0.15) is 5.01 Å². The maximum Gasteiger partial charge on any atom is 0.107 e. The molecule has 0 spiro atoms. The molecule has 1 aromatic carbocycles. The number of nitrogens with zero attached hydrogens (tertiary/aromatic N) is 1. The molecule has 1 heterocycles. The van der Waals surface area contributed by atoms with E-state index >= 15 is 0 Å². The first-order valence-electron chi connectivity index (χ1n) is 7.04. The molecule has 1 saturated carbocycles. The minimum absolute atomic E-state index is 0.552. The minimum Gasteiger partial charge on any atom is -0.325 e. The van der Waals surface area contributed by atoms with Gasteiger partial charge < -0.3 is 5.73 Å². The first-order chi connectivity index (χ1) is 9.28. The van der Waals surface area contributed by atoms with Crippen molar-refractivity contribution in [1.29, 1.82) is 0 Å². The summed E-state index contributed by atoms with van der Waals surface area (Å²) in [6.07, 6.45) is 5.33. The second kappa shape index (κ2) is 5.43. The van der Waals surface area contributed by atoms with Gasteiger partial charge in [0.05, 0.1) is 5.69 Å². The SMILES string of the molecule is Cc1cccc(-c2nc(CN)sc2C2CCCC2)c1. The molecule has 0 aliphatic heterocycles. The Morgan fingerprint density at radius 1 is 1.32 bits per heavy atom. The van der Waals surface area contributed by atoms with Gasteiger partial charge in [0, 0.05) is 17.0 Å². The van der Waals surface area contributed by atoms with E-state index in [1.807, 2.05) is 11.3 Å². The highest BCUT2D eigenvalue weighted by atomic mass is 32.1. The molecule has 100 valence electrons. The van der Waals surface area contributed by atoms with Crippen molar-refractivity contribution in [2.75, 3.05) is 0 Å². The van der Waals surface area contributed by atoms with Crippen LogP contribution in [0, 0.1) is 6.92 Å². The van der Waals surface area contributed by atoms with E-state index in [1.165, 1.54) is 47.4 Å². The molecule has 1 aliphatic carbocycles. The second-order valence-electron chi connectivity index (χ2n) is 5.38. The fourth-order valence-corrected chi connectivity index (χ4v) is 4.07. The van der Waals surface area contributed by atoms with Gasteiger partial charge in [-0.05, 0) is 31.7 Å². The number of aromatic nitrogens is 1. The van der Waals surface area contributed by atoms with E-state index in [0.717, 1.165) is 5.01 Å². The Kier molecular flexibility index (Phi) is 3.67. The first-order valence-corrected chi connectivity index (χ1v) is 7.86. The summed E-state index contributed by atoms with van der Waals surface area (Å²) in [6, 6.07) is 8.65. The minimum atomic E-state index is 0.552. The molecule has 1 fully saturated rings. The summed E-state index contributed by atoms with van der Waals surface area (Å²) in [5.41, 5.74) is 9.51. The molecule has 0 saturated heterocycles. The van der Waals surface area contributed by atoms with Crippen LogP contribution in [0.5, 0.6) is 0 Å². The van der Waals surface area contributed by atoms with Crippen molar-refractivity contribution < 1.29 is 0 Å². The summed E-state index contributed by atoms with van der Waals surface area (Å²) in [6.45, 7) is 2.69. The third-order valence-corrected chi connectivity index (χ3v) is 5.13. The van der Waals surface area contributed by atoms with Crippen LogP contribution in [0.2, 0.25) is 0 Å². The Bertz CT molecular complexity index is 568. The van der Waals surface area contributed by atoms with E-state index in [4.69, 9.17) is 10.7 Å². The molecule has 2 aromatic rings. The van der Waals surface area contributed by atoms with Gasteiger partial charge in [-0.3, -0.25) is 0 Å². The van der Waals surface area contributed by atoms with Crippen molar-refractivity contribution in [2.24, 2.45) is 5.73 Å². The van der Waals surface area contributed by atoms with Gasteiger partial charge in [0.15, 0.2) is 0 Å². The zero-order chi connectivity index (χ0) is 13.2. The molecular weight excluding hydrogens is 252 g/mol. The molecule has 0 bridgehead atoms. The lowest BCUT2D eigenvalue weighted by Crippen LogP contribution is -1.94. The summed E-state index contributed by atoms with van der Waals surface area (Å²) < 4.78 is 0. The smallest absolute Gasteiger partial charge is 0.107 e. The molecule has 19 heavy (non-hydrogen) atoms. The maximum absolute atomic E-state index is 5.79. The fraction of sp³-hybridized carbons (Fsp3) is 0.438. The van der Waals surface area contributed by atoms with E-state index in [1.54, 1.807) is 0 Å². The highest BCUT2D eigenvalue weighted by molar-refractivity contribution is 7.12. The largest absolute Gasteiger partial charge is 0.325 e. The number of thiazole rings is 1. The number of nitrogens with two attached hydrogens (primary N) is 1. The predicted octanol–water partition coefficient (Wildman–Crippen LogP) is 4.23. The summed E-state index contributed by atoms with van der Waals surface area (Å²) in [7, 11) is 0. The Balaban J connectivity index is 2.05. The van der Waals surface area contributed by atoms with Crippen LogP contribution < -0.4 is 5.73 Å². The van der Waals surface area contributed by atoms with Crippen molar-refractivity contribution in [3.05, 3.63) is 39.7 Å². The van der Waals surface area contributed by atoms with Crippen molar-refractivity contribution in [2.45, 2.75) is 45.1 Å². The van der Waals surface area contributed by atoms with E-state index < -0.39 is 0 Å². The second-order valence-corrected chi connectivity index (χ2v) is 6.49. The molecule has 0 radical (unpaired) electrons. The molecule has 2 N–H and O–H groups in total. The van der Waals surface area contributed by atoms with Gasteiger partial charge in [-0.15, -0.1) is 11.3 Å². The summed E-state index contributed by atoms with van der Waals surface area (Å²) in [4.78, 5) is 6.24. The maximum atomic E-state index is 5.79. The molecule has 2 nitrogen and oxygen atoms in total. The lowest BCUT2D eigenvalue weighted by Gasteiger charge is -2.09. The van der Waals surface area contributed by atoms with E-state index in [9.17, 15) is 0 Å². The molecule has 1 aliphatic rings. The summed E-state index contributed by atoms with van der Waals surface area (Å²) >= 11 is 1.82. The van der Waals surface area contributed by atoms with Crippen LogP contribution in [-0.4, -0.2) is 4.98 Å². The van der Waals surface area contributed by atoms with E-state index in [-0.39, 0.29) is 0 Å². The van der Waals surface area contributed by atoms with Crippen LogP contribution in [0.3, 0.4) is 0 Å². The van der Waals surface area contributed by atoms with Gasteiger partial charge in [-0.2, -0.15) is 0 Å². The highest BCUT2D eigenvalue weighted by Crippen LogP contribution is 2.42. The number of hydrogen-bond donors (Lipinski definition) is 1. The van der Waals surface area contributed by atoms with Crippen molar-refractivity contribution in [3.63, 3.8) is 0 Å². The zero-order valence-electron chi connectivity index (χ0n) is 11.4. The standard InChI is InChI=1S/C16H20N2S/c1-11-5-4-8-13(9-11)15-16(12-6-2-3-7-12)19-14(10-17)18-15/h4-5,8-9,12H,2-3,6-7,10,17H2,1H3. The predicted molar refractivity (Wildman–Crippen MR) is 81.4 cm³/mol. The third-order valence-electron chi connectivity index (χ3n) is 3.89. The Morgan fingerprint density at radius 2 is 2.11 bits per heavy atom. The highest BCUT2D eigenvalue weighted by Gasteiger charge is 2.24. The molecular formula is C16H20N2S. The van der Waals surface area contributed by atoms with Crippen molar-refractivity contribution in [3.8, 4) is 11.3 Å². The number of hydrogen-bond acceptors (Lipinski definition) is 3. The molecule has 3 rings (SSSR count). The molecule has 3 heteroatoms. The van der Waals surface area contributed by atoms with E-state index in [2.05, 4.69) is 31.2 Å². The van der Waals surface area contributed by atoms with Crippen molar-refractivity contribution in [1.82, 2.24) is 4.98 Å². The number of rotatable bonds is 3. The first kappa shape index (κ1) is 12.8. The van der Waals surface area contributed by atoms with Gasteiger partial charge in [0.2, 0.25) is 0 Å². The fourth-order valence-electron chi connectivity index (χ4n) is 2.93. The Morgan fingerprint density at radius 3 is 2.79 bits per heavy atom. The Hall–Kier alpha value is -1.19. The topological polar surface area (TPSA) is 38.9 Å². The summed E-state index contributed by atoms with van der Waals surface area (Å²) in [5, 5.41) is 1.07. The quantitative estimate of drug-likeness (QED) is 0.908. The van der Waals surface area contributed by atoms with Crippen LogP contribution >= 0.6 is 11.3 Å². The summed E-state index contributed by atoms with van der Waals surface area (Å²) in [5.74, 6) is 0.702. The number of aryl methyl sites for hydroxylation is 1. The van der Waals surface area contributed by atoms with Crippen LogP contribution in [0.15, 0.2) is 24.3 Å². The van der Waals surface area contributed by atoms with E-state index in [0.29, 0.717) is 12.5 Å². The van der Waals surface area contributed by atoms with Crippen LogP contribution in [-0.2, 0) is 6.54 Å². The van der Waals surface area contributed by atoms with Crippen LogP contribution in [0.4, 0.5) is 0 Å². The molecule has 0 atom stereocenters. The third kappa shape index (κ3) is 2.58. The normalized spacial score (nSPS) is 16.1.